The molecule has 0 aliphatic carbocycles. The van der Waals surface area contributed by atoms with Crippen molar-refractivity contribution in [3.63, 3.8) is 0 Å². The second-order valence-corrected chi connectivity index (χ2v) is 5.30. The first-order valence-electron chi connectivity index (χ1n) is 6.67. The van der Waals surface area contributed by atoms with Crippen LogP contribution in [0.1, 0.15) is 34.5 Å². The van der Waals surface area contributed by atoms with Crippen molar-refractivity contribution in [2.24, 2.45) is 0 Å². The van der Waals surface area contributed by atoms with E-state index in [0.717, 1.165) is 0 Å². The number of aliphatic hydroxyl groups excluding tert-OH is 1. The molecule has 0 amide bonds. The first-order valence-corrected chi connectivity index (χ1v) is 7.05. The second-order valence-electron chi connectivity index (χ2n) is 4.89. The largest absolute Gasteiger partial charge is 0.389 e. The molecule has 0 spiro atoms. The summed E-state index contributed by atoms with van der Waals surface area (Å²) in [6, 6.07) is 7.22. The SMILES string of the molecule is CC(O)c1cc(Cl)c(CC=O)c(C=O)c1-c1cccc(F)c1. The van der Waals surface area contributed by atoms with E-state index in [1.54, 1.807) is 6.07 Å². The first kappa shape index (κ1) is 16.3. The summed E-state index contributed by atoms with van der Waals surface area (Å²) in [5, 5.41) is 10.2. The van der Waals surface area contributed by atoms with Crippen molar-refractivity contribution in [3.8, 4) is 11.1 Å². The number of hydrogen-bond acceptors (Lipinski definition) is 3. The van der Waals surface area contributed by atoms with Gasteiger partial charge in [-0.1, -0.05) is 23.7 Å². The van der Waals surface area contributed by atoms with E-state index in [4.69, 9.17) is 11.6 Å². The average Bonchev–Trinajstić information content (AvgIpc) is 2.48. The molecule has 114 valence electrons. The lowest BCUT2D eigenvalue weighted by Crippen LogP contribution is -2.05. The van der Waals surface area contributed by atoms with Crippen LogP contribution in [0.5, 0.6) is 0 Å². The zero-order valence-corrected chi connectivity index (χ0v) is 12.6. The van der Waals surface area contributed by atoms with Crippen LogP contribution in [0.2, 0.25) is 5.02 Å². The molecular formula is C17H14ClFO3. The lowest BCUT2D eigenvalue weighted by Gasteiger charge is -2.18. The van der Waals surface area contributed by atoms with Crippen LogP contribution in [-0.2, 0) is 11.2 Å². The molecule has 0 radical (unpaired) electrons. The Kier molecular flexibility index (Phi) is 5.06. The Hall–Kier alpha value is -2.04. The smallest absolute Gasteiger partial charge is 0.151 e. The summed E-state index contributed by atoms with van der Waals surface area (Å²) >= 11 is 6.12. The van der Waals surface area contributed by atoms with Gasteiger partial charge in [0, 0.05) is 17.0 Å². The third kappa shape index (κ3) is 3.08. The van der Waals surface area contributed by atoms with Crippen LogP contribution >= 0.6 is 11.6 Å². The van der Waals surface area contributed by atoms with Gasteiger partial charge in [-0.2, -0.15) is 0 Å². The quantitative estimate of drug-likeness (QED) is 0.854. The Morgan fingerprint density at radius 1 is 1.32 bits per heavy atom. The first-order chi connectivity index (χ1) is 10.5. The minimum atomic E-state index is -0.903. The van der Waals surface area contributed by atoms with Crippen LogP contribution in [0, 0.1) is 5.82 Å². The molecule has 0 heterocycles. The molecule has 0 aliphatic heterocycles. The Bertz CT molecular complexity index is 726. The van der Waals surface area contributed by atoms with Gasteiger partial charge >= 0.3 is 0 Å². The Balaban J connectivity index is 2.86. The predicted octanol–water partition coefficient (Wildman–Crippen LogP) is 3.75. The van der Waals surface area contributed by atoms with Gasteiger partial charge in [0.05, 0.1) is 6.10 Å². The Morgan fingerprint density at radius 2 is 2.05 bits per heavy atom. The molecule has 22 heavy (non-hydrogen) atoms. The van der Waals surface area contributed by atoms with Gasteiger partial charge in [-0.05, 0) is 47.4 Å². The van der Waals surface area contributed by atoms with Crippen molar-refractivity contribution in [1.29, 1.82) is 0 Å². The molecule has 5 heteroatoms. The van der Waals surface area contributed by atoms with Gasteiger partial charge in [0.15, 0.2) is 6.29 Å². The van der Waals surface area contributed by atoms with Crippen LogP contribution in [0.25, 0.3) is 11.1 Å². The van der Waals surface area contributed by atoms with Crippen molar-refractivity contribution < 1.29 is 19.1 Å². The molecule has 0 saturated carbocycles. The summed E-state index contributed by atoms with van der Waals surface area (Å²) in [5.41, 5.74) is 1.82. The van der Waals surface area contributed by atoms with Crippen LogP contribution in [0.4, 0.5) is 4.39 Å². The third-order valence-electron chi connectivity index (χ3n) is 3.42. The Labute approximate surface area is 132 Å². The fraction of sp³-hybridized carbons (Fsp3) is 0.176. The maximum Gasteiger partial charge on any atom is 0.151 e. The highest BCUT2D eigenvalue weighted by Gasteiger charge is 2.20. The second kappa shape index (κ2) is 6.81. The van der Waals surface area contributed by atoms with E-state index in [1.807, 2.05) is 0 Å². The number of rotatable bonds is 5. The fourth-order valence-corrected chi connectivity index (χ4v) is 2.74. The van der Waals surface area contributed by atoms with Crippen molar-refractivity contribution in [2.75, 3.05) is 0 Å². The molecule has 1 unspecified atom stereocenters. The van der Waals surface area contributed by atoms with E-state index in [1.165, 1.54) is 31.2 Å². The lowest BCUT2D eigenvalue weighted by atomic mass is 9.88. The average molecular weight is 321 g/mol. The molecule has 3 nitrogen and oxygen atoms in total. The lowest BCUT2D eigenvalue weighted by molar-refractivity contribution is -0.107. The zero-order valence-electron chi connectivity index (χ0n) is 11.8. The maximum atomic E-state index is 13.5. The molecular weight excluding hydrogens is 307 g/mol. The van der Waals surface area contributed by atoms with E-state index in [-0.39, 0.29) is 17.0 Å². The monoisotopic (exact) mass is 320 g/mol. The zero-order chi connectivity index (χ0) is 16.3. The predicted molar refractivity (Wildman–Crippen MR) is 82.6 cm³/mol. The van der Waals surface area contributed by atoms with E-state index in [9.17, 15) is 19.1 Å². The van der Waals surface area contributed by atoms with E-state index in [2.05, 4.69) is 0 Å². The highest BCUT2D eigenvalue weighted by atomic mass is 35.5. The van der Waals surface area contributed by atoms with E-state index >= 15 is 0 Å². The molecule has 1 atom stereocenters. The summed E-state index contributed by atoms with van der Waals surface area (Å²) in [4.78, 5) is 22.4. The summed E-state index contributed by atoms with van der Waals surface area (Å²) in [6.45, 7) is 1.53. The third-order valence-corrected chi connectivity index (χ3v) is 3.76. The number of carbonyl (C=O) groups excluding carboxylic acids is 2. The summed E-state index contributed by atoms with van der Waals surface area (Å²) in [7, 11) is 0. The van der Waals surface area contributed by atoms with Crippen LogP contribution in [0.15, 0.2) is 30.3 Å². The van der Waals surface area contributed by atoms with Gasteiger partial charge < -0.3 is 9.90 Å². The van der Waals surface area contributed by atoms with Gasteiger partial charge in [0.25, 0.3) is 0 Å². The van der Waals surface area contributed by atoms with Gasteiger partial charge in [0.2, 0.25) is 0 Å². The van der Waals surface area contributed by atoms with E-state index < -0.39 is 11.9 Å². The molecule has 2 aromatic carbocycles. The van der Waals surface area contributed by atoms with Crippen LogP contribution in [-0.4, -0.2) is 17.7 Å². The van der Waals surface area contributed by atoms with Crippen molar-refractivity contribution in [3.05, 3.63) is 57.9 Å². The van der Waals surface area contributed by atoms with Gasteiger partial charge in [-0.3, -0.25) is 4.79 Å². The molecule has 2 aromatic rings. The van der Waals surface area contributed by atoms with Crippen molar-refractivity contribution in [2.45, 2.75) is 19.4 Å². The molecule has 0 saturated heterocycles. The molecule has 0 bridgehead atoms. The fourth-order valence-electron chi connectivity index (χ4n) is 2.45. The minimum absolute atomic E-state index is 0.0324. The Morgan fingerprint density at radius 3 is 2.59 bits per heavy atom. The normalized spacial score (nSPS) is 12.0. The highest BCUT2D eigenvalue weighted by molar-refractivity contribution is 6.32. The molecule has 1 N–H and O–H groups in total. The number of aliphatic hydroxyl groups is 1. The van der Waals surface area contributed by atoms with Crippen molar-refractivity contribution in [1.82, 2.24) is 0 Å². The van der Waals surface area contributed by atoms with Crippen LogP contribution < -0.4 is 0 Å². The molecule has 0 fully saturated rings. The number of aldehydes is 2. The number of benzene rings is 2. The van der Waals surface area contributed by atoms with Gasteiger partial charge in [-0.15, -0.1) is 0 Å². The number of halogens is 2. The standard InChI is InChI=1S/C17H14ClFO3/c1-10(22)14-8-16(18)13(5-6-20)15(9-21)17(14)11-3-2-4-12(19)7-11/h2-4,6-10,22H,5H2,1H3. The number of hydrogen-bond donors (Lipinski definition) is 1. The highest BCUT2D eigenvalue weighted by Crippen LogP contribution is 2.37. The topological polar surface area (TPSA) is 54.4 Å². The van der Waals surface area contributed by atoms with E-state index in [0.29, 0.717) is 34.8 Å². The van der Waals surface area contributed by atoms with Gasteiger partial charge in [0.1, 0.15) is 12.1 Å². The van der Waals surface area contributed by atoms with Crippen LogP contribution in [0.3, 0.4) is 0 Å². The van der Waals surface area contributed by atoms with Gasteiger partial charge in [-0.25, -0.2) is 4.39 Å². The minimum Gasteiger partial charge on any atom is -0.389 e. The molecule has 0 aromatic heterocycles. The summed E-state index contributed by atoms with van der Waals surface area (Å²) in [5.74, 6) is -0.460. The maximum absolute atomic E-state index is 13.5. The summed E-state index contributed by atoms with van der Waals surface area (Å²) < 4.78 is 13.5. The molecule has 0 aliphatic rings. The van der Waals surface area contributed by atoms with Crippen molar-refractivity contribution >= 4 is 24.2 Å². The number of carbonyl (C=O) groups is 2. The summed E-state index contributed by atoms with van der Waals surface area (Å²) in [6.07, 6.45) is 0.289. The molecule has 2 rings (SSSR count).